The maximum absolute atomic E-state index is 12.7. The topological polar surface area (TPSA) is 68.2 Å². The van der Waals surface area contributed by atoms with Crippen molar-refractivity contribution in [3.8, 4) is 0 Å². The Bertz CT molecular complexity index is 1060. The summed E-state index contributed by atoms with van der Waals surface area (Å²) in [6, 6.07) is 0.152. The molecule has 6 atom stereocenters. The van der Waals surface area contributed by atoms with Crippen molar-refractivity contribution in [1.82, 2.24) is 4.90 Å². The Hall–Kier alpha value is -1.79. The van der Waals surface area contributed by atoms with Crippen LogP contribution in [0, 0.1) is 23.2 Å². The minimum absolute atomic E-state index is 0.0210. The van der Waals surface area contributed by atoms with Crippen LogP contribution in [0.1, 0.15) is 129 Å². The van der Waals surface area contributed by atoms with Crippen molar-refractivity contribution in [3.05, 3.63) is 35.8 Å². The molecule has 0 aromatic heterocycles. The summed E-state index contributed by atoms with van der Waals surface area (Å²) in [4.78, 5) is 15.3. The quantitative estimate of drug-likeness (QED) is 0.103. The number of unbranched alkanes of at least 4 members (excludes halogenated alkanes) is 12. The lowest BCUT2D eigenvalue weighted by Crippen LogP contribution is -2.75. The van der Waals surface area contributed by atoms with Crippen LogP contribution in [0.4, 0.5) is 4.79 Å². The van der Waals surface area contributed by atoms with Crippen LogP contribution in [-0.2, 0) is 14.2 Å². The third-order valence-electron chi connectivity index (χ3n) is 11.9. The molecule has 6 rings (SSSR count). The van der Waals surface area contributed by atoms with Crippen molar-refractivity contribution in [3.63, 3.8) is 0 Å². The van der Waals surface area contributed by atoms with E-state index < -0.39 is 17.2 Å². The zero-order valence-corrected chi connectivity index (χ0v) is 26.8. The molecule has 0 radical (unpaired) electrons. The average Bonchev–Trinajstić information content (AvgIpc) is 3.74. The van der Waals surface area contributed by atoms with Gasteiger partial charge in [-0.25, -0.2) is 4.79 Å². The second-order valence-corrected chi connectivity index (χ2v) is 14.7. The number of rotatable bonds is 17. The molecule has 0 aromatic rings. The van der Waals surface area contributed by atoms with E-state index in [1.165, 1.54) is 83.5 Å². The lowest BCUT2D eigenvalue weighted by atomic mass is 9.44. The molecule has 5 fully saturated rings. The normalized spacial score (nSPS) is 34.2. The summed E-state index contributed by atoms with van der Waals surface area (Å²) in [6.45, 7) is 9.17. The van der Waals surface area contributed by atoms with Crippen LogP contribution in [0.3, 0.4) is 0 Å². The number of carbonyl (C=O) groups is 1. The number of hydrogen-bond acceptors (Lipinski definition) is 6. The van der Waals surface area contributed by atoms with Crippen LogP contribution < -0.4 is 0 Å². The second-order valence-electron chi connectivity index (χ2n) is 14.7. The predicted octanol–water partition coefficient (Wildman–Crippen LogP) is 8.60. The summed E-state index contributed by atoms with van der Waals surface area (Å²) < 4.78 is 18.0. The Labute approximate surface area is 260 Å². The van der Waals surface area contributed by atoms with Crippen LogP contribution in [0.15, 0.2) is 35.8 Å². The minimum Gasteiger partial charge on any atom is -0.485 e. The lowest BCUT2D eigenvalue weighted by molar-refractivity contribution is -0.240. The average molecular weight is 596 g/mol. The van der Waals surface area contributed by atoms with E-state index in [-0.39, 0.29) is 24.0 Å². The van der Waals surface area contributed by atoms with Crippen molar-refractivity contribution in [2.75, 3.05) is 19.7 Å². The maximum Gasteiger partial charge on any atom is 0.513 e. The molecule has 2 aliphatic heterocycles. The van der Waals surface area contributed by atoms with Crippen molar-refractivity contribution < 1.29 is 24.1 Å². The molecule has 6 heteroatoms. The van der Waals surface area contributed by atoms with Gasteiger partial charge in [0, 0.05) is 18.5 Å². The lowest BCUT2D eigenvalue weighted by Gasteiger charge is -2.66. The van der Waals surface area contributed by atoms with Crippen molar-refractivity contribution in [2.24, 2.45) is 23.2 Å². The molecule has 3 saturated carbocycles. The van der Waals surface area contributed by atoms with E-state index in [9.17, 15) is 9.90 Å². The van der Waals surface area contributed by atoms with Gasteiger partial charge in [0.15, 0.2) is 5.76 Å². The summed E-state index contributed by atoms with van der Waals surface area (Å²) in [5, 5.41) is 12.5. The van der Waals surface area contributed by atoms with Gasteiger partial charge in [0.2, 0.25) is 0 Å². The van der Waals surface area contributed by atoms with Crippen molar-refractivity contribution in [2.45, 2.75) is 147 Å². The zero-order valence-electron chi connectivity index (χ0n) is 26.8. The standard InChI is InChI=1S/C37H57NO5/c1-3-4-5-6-7-8-9-10-11-12-13-14-15-24-41-35(39)42-30-19-18-29-25-31-37(40)21-20-27(2)34-36(37,32(29)33(30)43-34)22-23-38(31)26-28-16-17-28/h18-19,28-29,31-32,34,40H,2-17,20-26H2,1H3/t29?,31?,32?,34-,36-,37+/m0/s1. The SMILES string of the molecule is C=C1CC[C@@]2(O)C3CC4C=CC(OC(=O)OCCCCCCCCCCCCCCC)=C5O[C@@H]1[C@]2(CCN3CC1CC1)C54. The van der Waals surface area contributed by atoms with Crippen LogP contribution in [0.2, 0.25) is 0 Å². The van der Waals surface area contributed by atoms with Gasteiger partial charge in [-0.05, 0) is 75.0 Å². The molecule has 0 aromatic carbocycles. The van der Waals surface area contributed by atoms with Gasteiger partial charge in [-0.2, -0.15) is 0 Å². The van der Waals surface area contributed by atoms with Crippen LogP contribution >= 0.6 is 0 Å². The van der Waals surface area contributed by atoms with Gasteiger partial charge >= 0.3 is 6.16 Å². The highest BCUT2D eigenvalue weighted by molar-refractivity contribution is 5.62. The number of allylic oxidation sites excluding steroid dienone is 3. The largest absolute Gasteiger partial charge is 0.513 e. The summed E-state index contributed by atoms with van der Waals surface area (Å²) in [5.41, 5.74) is -0.130. The molecule has 6 nitrogen and oxygen atoms in total. The fraction of sp³-hybridized carbons (Fsp3) is 0.811. The molecule has 4 aliphatic carbocycles. The third-order valence-corrected chi connectivity index (χ3v) is 11.9. The second kappa shape index (κ2) is 13.7. The fourth-order valence-electron chi connectivity index (χ4n) is 9.47. The number of ether oxygens (including phenoxy) is 3. The number of hydrogen-bond donors (Lipinski definition) is 1. The molecular weight excluding hydrogens is 538 g/mol. The molecular formula is C37H57NO5. The van der Waals surface area contributed by atoms with E-state index in [1.807, 2.05) is 6.08 Å². The van der Waals surface area contributed by atoms with Gasteiger partial charge in [-0.3, -0.25) is 4.90 Å². The number of likely N-dealkylation sites (tertiary alicyclic amines) is 1. The highest BCUT2D eigenvalue weighted by atomic mass is 16.7. The Morgan fingerprint density at radius 1 is 1.02 bits per heavy atom. The summed E-state index contributed by atoms with van der Waals surface area (Å²) in [7, 11) is 0. The summed E-state index contributed by atoms with van der Waals surface area (Å²) >= 11 is 0. The molecule has 0 amide bonds. The summed E-state index contributed by atoms with van der Waals surface area (Å²) in [6.07, 6.45) is 26.0. The van der Waals surface area contributed by atoms with Crippen LogP contribution in [0.25, 0.3) is 0 Å². The molecule has 240 valence electrons. The van der Waals surface area contributed by atoms with E-state index in [2.05, 4.69) is 24.5 Å². The van der Waals surface area contributed by atoms with Crippen LogP contribution in [-0.4, -0.2) is 53.6 Å². The first-order chi connectivity index (χ1) is 21.0. The summed E-state index contributed by atoms with van der Waals surface area (Å²) in [5.74, 6) is 2.30. The number of nitrogens with zero attached hydrogens (tertiary/aromatic N) is 1. The van der Waals surface area contributed by atoms with Crippen molar-refractivity contribution >= 4 is 6.16 Å². The van der Waals surface area contributed by atoms with E-state index >= 15 is 0 Å². The van der Waals surface area contributed by atoms with Gasteiger partial charge in [0.1, 0.15) is 11.9 Å². The van der Waals surface area contributed by atoms with E-state index in [0.29, 0.717) is 12.4 Å². The number of piperidine rings is 1. The monoisotopic (exact) mass is 595 g/mol. The predicted molar refractivity (Wildman–Crippen MR) is 169 cm³/mol. The highest BCUT2D eigenvalue weighted by Crippen LogP contribution is 2.70. The third kappa shape index (κ3) is 6.21. The van der Waals surface area contributed by atoms with Gasteiger partial charge in [0.05, 0.1) is 17.6 Å². The Morgan fingerprint density at radius 3 is 2.37 bits per heavy atom. The molecule has 43 heavy (non-hydrogen) atoms. The van der Waals surface area contributed by atoms with E-state index in [4.69, 9.17) is 14.2 Å². The van der Waals surface area contributed by atoms with Crippen molar-refractivity contribution in [1.29, 1.82) is 0 Å². The first kappa shape index (κ1) is 31.2. The molecule has 2 saturated heterocycles. The zero-order chi connectivity index (χ0) is 29.9. The first-order valence-electron chi connectivity index (χ1n) is 18.1. The van der Waals surface area contributed by atoms with E-state index in [1.54, 1.807) is 0 Å². The Kier molecular flexibility index (Phi) is 9.93. The number of aliphatic hydroxyl groups is 1. The smallest absolute Gasteiger partial charge is 0.485 e. The molecule has 1 N–H and O–H groups in total. The van der Waals surface area contributed by atoms with Crippen LogP contribution in [0.5, 0.6) is 0 Å². The Morgan fingerprint density at radius 2 is 1.70 bits per heavy atom. The molecule has 1 spiro atoms. The minimum atomic E-state index is -0.806. The van der Waals surface area contributed by atoms with E-state index in [0.717, 1.165) is 68.9 Å². The Balaban J connectivity index is 0.967. The van der Waals surface area contributed by atoms with Gasteiger partial charge in [-0.15, -0.1) is 0 Å². The molecule has 6 aliphatic rings. The highest BCUT2D eigenvalue weighted by Gasteiger charge is 2.76. The maximum atomic E-state index is 12.7. The first-order valence-corrected chi connectivity index (χ1v) is 18.1. The van der Waals surface area contributed by atoms with Gasteiger partial charge in [-0.1, -0.05) is 96.6 Å². The van der Waals surface area contributed by atoms with Gasteiger partial charge < -0.3 is 19.3 Å². The molecule has 3 unspecified atom stereocenters. The molecule has 2 heterocycles. The fourth-order valence-corrected chi connectivity index (χ4v) is 9.47. The molecule has 2 bridgehead atoms. The number of carbonyl (C=O) groups excluding carboxylic acids is 1. The van der Waals surface area contributed by atoms with Gasteiger partial charge in [0.25, 0.3) is 0 Å².